The van der Waals surface area contributed by atoms with E-state index in [1.807, 2.05) is 59.8 Å². The zero-order valence-electron chi connectivity index (χ0n) is 9.37. The Morgan fingerprint density at radius 1 is 1.18 bits per heavy atom. The first-order valence-electron chi connectivity index (χ1n) is 5.35. The molecular weight excluding hydrogens is 230 g/mol. The van der Waals surface area contributed by atoms with Gasteiger partial charge < -0.3 is 0 Å². The van der Waals surface area contributed by atoms with Gasteiger partial charge in [-0.05, 0) is 19.1 Å². The van der Waals surface area contributed by atoms with E-state index >= 15 is 0 Å². The Hall–Kier alpha value is -1.94. The summed E-state index contributed by atoms with van der Waals surface area (Å²) in [5.74, 6) is 0. The Labute approximate surface area is 103 Å². The molecular formula is C13H11N3S. The molecule has 0 aliphatic carbocycles. The first-order valence-corrected chi connectivity index (χ1v) is 6.23. The second kappa shape index (κ2) is 4.14. The van der Waals surface area contributed by atoms with Crippen LogP contribution in [-0.4, -0.2) is 14.8 Å². The van der Waals surface area contributed by atoms with Gasteiger partial charge in [0.1, 0.15) is 0 Å². The van der Waals surface area contributed by atoms with Gasteiger partial charge in [0.15, 0.2) is 0 Å². The monoisotopic (exact) mass is 241 g/mol. The van der Waals surface area contributed by atoms with E-state index in [4.69, 9.17) is 0 Å². The third kappa shape index (κ3) is 1.87. The average Bonchev–Trinajstić information content (AvgIpc) is 2.98. The van der Waals surface area contributed by atoms with Crippen molar-refractivity contribution in [1.29, 1.82) is 0 Å². The average molecular weight is 241 g/mol. The number of benzene rings is 1. The molecule has 0 amide bonds. The summed E-state index contributed by atoms with van der Waals surface area (Å²) >= 11 is 1.65. The maximum atomic E-state index is 4.38. The Kier molecular flexibility index (Phi) is 2.49. The normalized spacial score (nSPS) is 10.6. The van der Waals surface area contributed by atoms with Crippen molar-refractivity contribution in [2.45, 2.75) is 6.92 Å². The van der Waals surface area contributed by atoms with Crippen LogP contribution in [0.3, 0.4) is 0 Å². The minimum atomic E-state index is 1.06. The van der Waals surface area contributed by atoms with E-state index in [0.29, 0.717) is 0 Å². The van der Waals surface area contributed by atoms with E-state index in [-0.39, 0.29) is 0 Å². The van der Waals surface area contributed by atoms with E-state index in [2.05, 4.69) is 10.1 Å². The molecule has 4 heteroatoms. The minimum Gasteiger partial charge on any atom is -0.249 e. The highest BCUT2D eigenvalue weighted by Crippen LogP contribution is 2.27. The highest BCUT2D eigenvalue weighted by molar-refractivity contribution is 7.13. The van der Waals surface area contributed by atoms with Crippen molar-refractivity contribution in [2.75, 3.05) is 0 Å². The molecule has 0 unspecified atom stereocenters. The van der Waals surface area contributed by atoms with Crippen LogP contribution in [0.1, 0.15) is 5.69 Å². The molecule has 0 N–H and O–H groups in total. The fourth-order valence-corrected chi connectivity index (χ4v) is 2.52. The van der Waals surface area contributed by atoms with Gasteiger partial charge in [-0.15, -0.1) is 11.3 Å². The number of aryl methyl sites for hydroxylation is 1. The van der Waals surface area contributed by atoms with Crippen LogP contribution in [0.15, 0.2) is 48.2 Å². The lowest BCUT2D eigenvalue weighted by atomic mass is 10.2. The SMILES string of the molecule is Cc1ncsc1-c1cnn(-c2ccccc2)c1. The molecule has 84 valence electrons. The molecule has 1 aromatic carbocycles. The van der Waals surface area contributed by atoms with Crippen molar-refractivity contribution in [3.8, 4) is 16.1 Å². The van der Waals surface area contributed by atoms with Gasteiger partial charge in [-0.1, -0.05) is 18.2 Å². The van der Waals surface area contributed by atoms with E-state index in [9.17, 15) is 0 Å². The standard InChI is InChI=1S/C13H11N3S/c1-10-13(17-9-14-10)11-7-15-16(8-11)12-5-3-2-4-6-12/h2-9H,1H3. The first kappa shape index (κ1) is 10.2. The molecule has 3 rings (SSSR count). The molecule has 0 aliphatic heterocycles. The summed E-state index contributed by atoms with van der Waals surface area (Å²) in [6.45, 7) is 2.02. The third-order valence-electron chi connectivity index (χ3n) is 2.61. The lowest BCUT2D eigenvalue weighted by Crippen LogP contribution is -1.92. The van der Waals surface area contributed by atoms with Crippen LogP contribution in [0.2, 0.25) is 0 Å². The number of para-hydroxylation sites is 1. The Bertz CT molecular complexity index is 625. The third-order valence-corrected chi connectivity index (χ3v) is 3.59. The predicted molar refractivity (Wildman–Crippen MR) is 69.4 cm³/mol. The van der Waals surface area contributed by atoms with Crippen molar-refractivity contribution < 1.29 is 0 Å². The zero-order valence-corrected chi connectivity index (χ0v) is 10.2. The molecule has 0 radical (unpaired) electrons. The Morgan fingerprint density at radius 2 is 2.00 bits per heavy atom. The van der Waals surface area contributed by atoms with Gasteiger partial charge in [0.2, 0.25) is 0 Å². The molecule has 0 fully saturated rings. The van der Waals surface area contributed by atoms with E-state index < -0.39 is 0 Å². The molecule has 0 aliphatic rings. The number of hydrogen-bond acceptors (Lipinski definition) is 3. The van der Waals surface area contributed by atoms with Crippen molar-refractivity contribution in [3.63, 3.8) is 0 Å². The fourth-order valence-electron chi connectivity index (χ4n) is 1.74. The van der Waals surface area contributed by atoms with Crippen LogP contribution in [0.5, 0.6) is 0 Å². The summed E-state index contributed by atoms with van der Waals surface area (Å²) < 4.78 is 1.88. The molecule has 2 aromatic heterocycles. The predicted octanol–water partition coefficient (Wildman–Crippen LogP) is 3.30. The van der Waals surface area contributed by atoms with Gasteiger partial charge in [0.25, 0.3) is 0 Å². The van der Waals surface area contributed by atoms with Crippen molar-refractivity contribution in [3.05, 3.63) is 53.9 Å². The van der Waals surface area contributed by atoms with Crippen LogP contribution in [0.25, 0.3) is 16.1 Å². The van der Waals surface area contributed by atoms with Crippen LogP contribution in [-0.2, 0) is 0 Å². The van der Waals surface area contributed by atoms with Gasteiger partial charge >= 0.3 is 0 Å². The fraction of sp³-hybridized carbons (Fsp3) is 0.0769. The van der Waals surface area contributed by atoms with Crippen LogP contribution in [0, 0.1) is 6.92 Å². The maximum Gasteiger partial charge on any atom is 0.0801 e. The van der Waals surface area contributed by atoms with Crippen LogP contribution >= 0.6 is 11.3 Å². The van der Waals surface area contributed by atoms with Crippen molar-refractivity contribution >= 4 is 11.3 Å². The van der Waals surface area contributed by atoms with Gasteiger partial charge in [0, 0.05) is 11.8 Å². The second-order valence-electron chi connectivity index (χ2n) is 3.78. The topological polar surface area (TPSA) is 30.7 Å². The molecule has 0 bridgehead atoms. The molecule has 0 atom stereocenters. The lowest BCUT2D eigenvalue weighted by molar-refractivity contribution is 0.881. The second-order valence-corrected chi connectivity index (χ2v) is 4.63. The Balaban J connectivity index is 2.02. The number of aromatic nitrogens is 3. The summed E-state index contributed by atoms with van der Waals surface area (Å²) in [5.41, 5.74) is 5.11. The van der Waals surface area contributed by atoms with E-state index in [1.54, 1.807) is 11.3 Å². The van der Waals surface area contributed by atoms with Gasteiger partial charge in [-0.25, -0.2) is 9.67 Å². The summed E-state index contributed by atoms with van der Waals surface area (Å²) in [7, 11) is 0. The van der Waals surface area contributed by atoms with Crippen molar-refractivity contribution in [1.82, 2.24) is 14.8 Å². The van der Waals surface area contributed by atoms with Gasteiger partial charge in [0.05, 0.1) is 28.0 Å². The minimum absolute atomic E-state index is 1.06. The molecule has 3 nitrogen and oxygen atoms in total. The zero-order chi connectivity index (χ0) is 11.7. The molecule has 0 saturated carbocycles. The van der Waals surface area contributed by atoms with Crippen LogP contribution < -0.4 is 0 Å². The van der Waals surface area contributed by atoms with Crippen molar-refractivity contribution in [2.24, 2.45) is 0 Å². The maximum absolute atomic E-state index is 4.38. The summed E-state index contributed by atoms with van der Waals surface area (Å²) in [4.78, 5) is 5.44. The smallest absolute Gasteiger partial charge is 0.0801 e. The molecule has 0 spiro atoms. The summed E-state index contributed by atoms with van der Waals surface area (Å²) in [6.07, 6.45) is 3.92. The van der Waals surface area contributed by atoms with E-state index in [1.165, 1.54) is 4.88 Å². The number of hydrogen-bond donors (Lipinski definition) is 0. The lowest BCUT2D eigenvalue weighted by Gasteiger charge is -1.98. The molecule has 3 aromatic rings. The number of rotatable bonds is 2. The first-order chi connectivity index (χ1) is 8.34. The summed E-state index contributed by atoms with van der Waals surface area (Å²) in [6, 6.07) is 10.1. The summed E-state index contributed by atoms with van der Waals surface area (Å²) in [5, 5.41) is 4.38. The van der Waals surface area contributed by atoms with E-state index in [0.717, 1.165) is 16.9 Å². The van der Waals surface area contributed by atoms with Gasteiger partial charge in [-0.2, -0.15) is 5.10 Å². The Morgan fingerprint density at radius 3 is 2.71 bits per heavy atom. The largest absolute Gasteiger partial charge is 0.249 e. The number of thiazole rings is 1. The van der Waals surface area contributed by atoms with Gasteiger partial charge in [-0.3, -0.25) is 0 Å². The quantitative estimate of drug-likeness (QED) is 0.689. The molecule has 0 saturated heterocycles. The highest BCUT2D eigenvalue weighted by atomic mass is 32.1. The van der Waals surface area contributed by atoms with Crippen LogP contribution in [0.4, 0.5) is 0 Å². The highest BCUT2D eigenvalue weighted by Gasteiger charge is 2.07. The molecule has 17 heavy (non-hydrogen) atoms. The molecule has 2 heterocycles. The number of nitrogens with zero attached hydrogens (tertiary/aromatic N) is 3.